The molecule has 1 heterocycles. The predicted octanol–water partition coefficient (Wildman–Crippen LogP) is 5.07. The first-order valence-corrected chi connectivity index (χ1v) is 9.35. The van der Waals surface area contributed by atoms with Gasteiger partial charge in [-0.1, -0.05) is 35.7 Å². The van der Waals surface area contributed by atoms with Crippen LogP contribution in [0.1, 0.15) is 38.7 Å². The molecule has 0 aliphatic carbocycles. The summed E-state index contributed by atoms with van der Waals surface area (Å²) in [6, 6.07) is 5.62. The number of hydrogen-bond acceptors (Lipinski definition) is 4. The van der Waals surface area contributed by atoms with Crippen LogP contribution in [-0.4, -0.2) is 29.2 Å². The first-order chi connectivity index (χ1) is 11.1. The summed E-state index contributed by atoms with van der Waals surface area (Å²) in [7, 11) is 0. The van der Waals surface area contributed by atoms with Crippen LogP contribution in [0.15, 0.2) is 27.6 Å². The van der Waals surface area contributed by atoms with Crippen LogP contribution in [0.4, 0.5) is 4.79 Å². The van der Waals surface area contributed by atoms with Gasteiger partial charge in [-0.2, -0.15) is 0 Å². The Balaban J connectivity index is 2.22. The van der Waals surface area contributed by atoms with Crippen molar-refractivity contribution in [1.29, 1.82) is 0 Å². The summed E-state index contributed by atoms with van der Waals surface area (Å²) in [5, 5.41) is -0.190. The average Bonchev–Trinajstić information content (AvgIpc) is 2.78. The maximum atomic E-state index is 12.4. The summed E-state index contributed by atoms with van der Waals surface area (Å²) in [5.41, 5.74) is 0.792. The minimum Gasteiger partial charge on any atom is -0.493 e. The van der Waals surface area contributed by atoms with E-state index in [2.05, 4.69) is 22.9 Å². The van der Waals surface area contributed by atoms with Gasteiger partial charge in [0.05, 0.1) is 11.5 Å². The lowest BCUT2D eigenvalue weighted by molar-refractivity contribution is -0.122. The number of imide groups is 1. The fraction of sp³-hybridized carbons (Fsp3) is 0.412. The van der Waals surface area contributed by atoms with Gasteiger partial charge in [0.2, 0.25) is 0 Å². The van der Waals surface area contributed by atoms with Crippen LogP contribution in [0, 0.1) is 0 Å². The number of hydrogen-bond donors (Lipinski definition) is 0. The number of thioether (sulfide) groups is 1. The largest absolute Gasteiger partial charge is 0.493 e. The van der Waals surface area contributed by atoms with Crippen molar-refractivity contribution in [2.75, 3.05) is 13.2 Å². The molecule has 0 unspecified atom stereocenters. The second kappa shape index (κ2) is 8.55. The summed E-state index contributed by atoms with van der Waals surface area (Å²) >= 11 is 4.42. The Morgan fingerprint density at radius 1 is 1.26 bits per heavy atom. The van der Waals surface area contributed by atoms with Crippen molar-refractivity contribution in [3.05, 3.63) is 33.1 Å². The van der Waals surface area contributed by atoms with Gasteiger partial charge >= 0.3 is 0 Å². The van der Waals surface area contributed by atoms with Gasteiger partial charge in [-0.3, -0.25) is 14.5 Å². The van der Waals surface area contributed by atoms with Gasteiger partial charge in [0.25, 0.3) is 11.1 Å². The van der Waals surface area contributed by atoms with Gasteiger partial charge in [0.1, 0.15) is 5.75 Å². The second-order valence-electron chi connectivity index (χ2n) is 5.16. The van der Waals surface area contributed by atoms with Crippen LogP contribution in [0.5, 0.6) is 5.75 Å². The van der Waals surface area contributed by atoms with E-state index in [-0.39, 0.29) is 11.1 Å². The lowest BCUT2D eigenvalue weighted by Crippen LogP contribution is -2.29. The zero-order valence-electron chi connectivity index (χ0n) is 13.3. The quantitative estimate of drug-likeness (QED) is 0.475. The molecule has 2 rings (SSSR count). The van der Waals surface area contributed by atoms with E-state index >= 15 is 0 Å². The molecule has 1 aliphatic rings. The summed E-state index contributed by atoms with van der Waals surface area (Å²) in [4.78, 5) is 26.3. The Labute approximate surface area is 149 Å². The van der Waals surface area contributed by atoms with Crippen molar-refractivity contribution in [2.24, 2.45) is 0 Å². The minimum absolute atomic E-state index is 0.190. The highest BCUT2D eigenvalue weighted by atomic mass is 79.9. The number of carbonyl (C=O) groups is 2. The molecule has 6 heteroatoms. The van der Waals surface area contributed by atoms with E-state index in [1.807, 2.05) is 25.1 Å². The Bertz CT molecular complexity index is 630. The van der Waals surface area contributed by atoms with Gasteiger partial charge in [-0.25, -0.2) is 0 Å². The number of carbonyl (C=O) groups excluding carboxylic acids is 2. The molecule has 1 fully saturated rings. The lowest BCUT2D eigenvalue weighted by atomic mass is 10.2. The van der Waals surface area contributed by atoms with E-state index in [4.69, 9.17) is 4.74 Å². The first kappa shape index (κ1) is 18.1. The zero-order chi connectivity index (χ0) is 16.8. The highest BCUT2D eigenvalue weighted by Crippen LogP contribution is 2.35. The van der Waals surface area contributed by atoms with Crippen LogP contribution in [0.3, 0.4) is 0 Å². The molecule has 0 bridgehead atoms. The molecule has 1 saturated heterocycles. The van der Waals surface area contributed by atoms with Crippen LogP contribution in [0.2, 0.25) is 0 Å². The maximum Gasteiger partial charge on any atom is 0.293 e. The fourth-order valence-corrected chi connectivity index (χ4v) is 3.51. The van der Waals surface area contributed by atoms with E-state index in [0.29, 0.717) is 23.8 Å². The van der Waals surface area contributed by atoms with Gasteiger partial charge < -0.3 is 4.74 Å². The summed E-state index contributed by atoms with van der Waals surface area (Å²) in [5.74, 6) is 0.493. The molecule has 23 heavy (non-hydrogen) atoms. The topological polar surface area (TPSA) is 46.6 Å². The average molecular weight is 398 g/mol. The second-order valence-corrected chi connectivity index (χ2v) is 7.06. The van der Waals surface area contributed by atoms with E-state index in [9.17, 15) is 9.59 Å². The zero-order valence-corrected chi connectivity index (χ0v) is 15.7. The molecular weight excluding hydrogens is 378 g/mol. The lowest BCUT2D eigenvalue weighted by Gasteiger charge is -2.11. The molecule has 0 atom stereocenters. The SMILES string of the molecule is CCCCCN1C(=O)S/C(=C\c2cc(Br)ccc2OCC)C1=O. The summed E-state index contributed by atoms with van der Waals surface area (Å²) < 4.78 is 6.48. The number of benzene rings is 1. The normalized spacial score (nSPS) is 16.5. The molecule has 0 N–H and O–H groups in total. The van der Waals surface area contributed by atoms with Gasteiger partial charge in [-0.05, 0) is 49.4 Å². The molecule has 0 aromatic heterocycles. The van der Waals surface area contributed by atoms with Crippen molar-refractivity contribution in [1.82, 2.24) is 4.90 Å². The Morgan fingerprint density at radius 2 is 2.04 bits per heavy atom. The molecule has 0 saturated carbocycles. The van der Waals surface area contributed by atoms with Crippen molar-refractivity contribution < 1.29 is 14.3 Å². The molecule has 1 aliphatic heterocycles. The van der Waals surface area contributed by atoms with Crippen molar-refractivity contribution >= 4 is 44.9 Å². The minimum atomic E-state index is -0.210. The summed E-state index contributed by atoms with van der Waals surface area (Å²) in [6.45, 7) is 5.04. The molecule has 1 aromatic carbocycles. The number of halogens is 1. The molecular formula is C17H20BrNO3S. The highest BCUT2D eigenvalue weighted by Gasteiger charge is 2.34. The van der Waals surface area contributed by atoms with E-state index in [0.717, 1.165) is 41.1 Å². The van der Waals surface area contributed by atoms with E-state index in [1.54, 1.807) is 6.08 Å². The fourth-order valence-electron chi connectivity index (χ4n) is 2.27. The third-order valence-electron chi connectivity index (χ3n) is 3.42. The number of amides is 2. The molecule has 2 amide bonds. The summed E-state index contributed by atoms with van der Waals surface area (Å²) in [6.07, 6.45) is 4.66. The van der Waals surface area contributed by atoms with Crippen molar-refractivity contribution in [3.63, 3.8) is 0 Å². The van der Waals surface area contributed by atoms with Crippen LogP contribution in [0.25, 0.3) is 6.08 Å². The van der Waals surface area contributed by atoms with Crippen molar-refractivity contribution in [3.8, 4) is 5.75 Å². The van der Waals surface area contributed by atoms with Crippen molar-refractivity contribution in [2.45, 2.75) is 33.1 Å². The molecule has 124 valence electrons. The molecule has 0 spiro atoms. The van der Waals surface area contributed by atoms with E-state index < -0.39 is 0 Å². The molecule has 0 radical (unpaired) electrons. The maximum absolute atomic E-state index is 12.4. The number of nitrogens with zero attached hydrogens (tertiary/aromatic N) is 1. The molecule has 1 aromatic rings. The number of unbranched alkanes of at least 4 members (excludes halogenated alkanes) is 2. The highest BCUT2D eigenvalue weighted by molar-refractivity contribution is 9.10. The number of rotatable bonds is 7. The Kier molecular flexibility index (Phi) is 6.72. The predicted molar refractivity (Wildman–Crippen MR) is 97.5 cm³/mol. The van der Waals surface area contributed by atoms with Gasteiger partial charge in [0, 0.05) is 16.6 Å². The molecule has 4 nitrogen and oxygen atoms in total. The monoisotopic (exact) mass is 397 g/mol. The van der Waals surface area contributed by atoms with Crippen LogP contribution < -0.4 is 4.74 Å². The van der Waals surface area contributed by atoms with E-state index in [1.165, 1.54) is 4.90 Å². The number of ether oxygens (including phenoxy) is 1. The third-order valence-corrected chi connectivity index (χ3v) is 4.82. The first-order valence-electron chi connectivity index (χ1n) is 7.74. The smallest absolute Gasteiger partial charge is 0.293 e. The Morgan fingerprint density at radius 3 is 2.74 bits per heavy atom. The van der Waals surface area contributed by atoms with Gasteiger partial charge in [0.15, 0.2) is 0 Å². The van der Waals surface area contributed by atoms with Crippen LogP contribution in [-0.2, 0) is 4.79 Å². The van der Waals surface area contributed by atoms with Gasteiger partial charge in [-0.15, -0.1) is 0 Å². The van der Waals surface area contributed by atoms with Crippen LogP contribution >= 0.6 is 27.7 Å². The Hall–Kier alpha value is -1.27. The third kappa shape index (κ3) is 4.61. The standard InChI is InChI=1S/C17H20BrNO3S/c1-3-5-6-9-19-16(20)15(23-17(19)21)11-12-10-13(18)7-8-14(12)22-4-2/h7-8,10-11H,3-6,9H2,1-2H3/b15-11-.